The number of likely N-dealkylation sites (tertiary alicyclic amines) is 1. The fourth-order valence-corrected chi connectivity index (χ4v) is 3.58. The van der Waals surface area contributed by atoms with Crippen molar-refractivity contribution < 1.29 is 4.79 Å². The van der Waals surface area contributed by atoms with E-state index in [1.807, 2.05) is 17.0 Å². The fraction of sp³-hybridized carbons (Fsp3) is 0.353. The highest BCUT2D eigenvalue weighted by Crippen LogP contribution is 2.24. The minimum absolute atomic E-state index is 0.147. The summed E-state index contributed by atoms with van der Waals surface area (Å²) in [6.45, 7) is 1.56. The third-order valence-electron chi connectivity index (χ3n) is 3.89. The van der Waals surface area contributed by atoms with Gasteiger partial charge in [0.15, 0.2) is 0 Å². The zero-order valence-corrected chi connectivity index (χ0v) is 12.8. The van der Waals surface area contributed by atoms with E-state index >= 15 is 0 Å². The van der Waals surface area contributed by atoms with Crippen molar-refractivity contribution >= 4 is 28.4 Å². The van der Waals surface area contributed by atoms with Crippen molar-refractivity contribution in [3.63, 3.8) is 0 Å². The number of benzene rings is 2. The summed E-state index contributed by atoms with van der Waals surface area (Å²) in [7, 11) is 0. The van der Waals surface area contributed by atoms with Crippen LogP contribution in [0.4, 0.5) is 0 Å². The van der Waals surface area contributed by atoms with Crippen LogP contribution in [0.15, 0.2) is 47.4 Å². The first kappa shape index (κ1) is 14.4. The predicted octanol–water partition coefficient (Wildman–Crippen LogP) is 2.88. The molecule has 1 fully saturated rings. The highest BCUT2D eigenvalue weighted by Gasteiger charge is 2.20. The van der Waals surface area contributed by atoms with Crippen LogP contribution >= 0.6 is 11.8 Å². The Morgan fingerprint density at radius 2 is 2.05 bits per heavy atom. The molecule has 1 amide bonds. The van der Waals surface area contributed by atoms with Gasteiger partial charge in [0.05, 0.1) is 5.75 Å². The number of fused-ring (bicyclic) bond motifs is 1. The van der Waals surface area contributed by atoms with E-state index in [2.05, 4.69) is 30.3 Å². The third-order valence-corrected chi connectivity index (χ3v) is 4.87. The van der Waals surface area contributed by atoms with Crippen LogP contribution in [0.2, 0.25) is 0 Å². The number of nitrogens with two attached hydrogens (primary N) is 1. The lowest BCUT2D eigenvalue weighted by Gasteiger charge is -2.30. The van der Waals surface area contributed by atoms with Crippen molar-refractivity contribution in [1.29, 1.82) is 0 Å². The molecule has 4 heteroatoms. The normalized spacial score (nSPS) is 18.9. The summed E-state index contributed by atoms with van der Waals surface area (Å²) >= 11 is 1.61. The minimum atomic E-state index is 0.147. The second-order valence-electron chi connectivity index (χ2n) is 5.54. The van der Waals surface area contributed by atoms with E-state index in [0.717, 1.165) is 24.3 Å². The van der Waals surface area contributed by atoms with Crippen molar-refractivity contribution in [1.82, 2.24) is 4.90 Å². The van der Waals surface area contributed by atoms with Gasteiger partial charge < -0.3 is 10.6 Å². The van der Waals surface area contributed by atoms with E-state index in [1.54, 1.807) is 11.8 Å². The molecule has 0 radical (unpaired) electrons. The molecule has 110 valence electrons. The molecule has 2 aromatic rings. The molecule has 1 saturated heterocycles. The van der Waals surface area contributed by atoms with Crippen LogP contribution in [0.5, 0.6) is 0 Å². The molecule has 3 rings (SSSR count). The van der Waals surface area contributed by atoms with Gasteiger partial charge in [0.2, 0.25) is 5.91 Å². The van der Waals surface area contributed by atoms with Crippen LogP contribution in [-0.4, -0.2) is 35.7 Å². The van der Waals surface area contributed by atoms with Gasteiger partial charge in [0.1, 0.15) is 0 Å². The maximum atomic E-state index is 12.2. The molecule has 1 aliphatic rings. The van der Waals surface area contributed by atoms with E-state index in [0.29, 0.717) is 12.3 Å². The molecule has 2 aromatic carbocycles. The molecule has 1 heterocycles. The quantitative estimate of drug-likeness (QED) is 0.887. The molecule has 0 aromatic heterocycles. The lowest BCUT2D eigenvalue weighted by atomic mass is 10.1. The zero-order valence-electron chi connectivity index (χ0n) is 12.0. The summed E-state index contributed by atoms with van der Waals surface area (Å²) in [5, 5.41) is 2.45. The number of piperidine rings is 1. The fourth-order valence-electron chi connectivity index (χ4n) is 2.73. The molecule has 2 N–H and O–H groups in total. The largest absolute Gasteiger partial charge is 0.340 e. The van der Waals surface area contributed by atoms with E-state index in [4.69, 9.17) is 5.73 Å². The maximum absolute atomic E-state index is 12.2. The van der Waals surface area contributed by atoms with Crippen molar-refractivity contribution in [3.8, 4) is 0 Å². The van der Waals surface area contributed by atoms with Gasteiger partial charge >= 0.3 is 0 Å². The Hall–Kier alpha value is -1.52. The number of carbonyl (C=O) groups excluding carboxylic acids is 1. The van der Waals surface area contributed by atoms with Gasteiger partial charge in [-0.15, -0.1) is 11.8 Å². The van der Waals surface area contributed by atoms with Crippen molar-refractivity contribution in [2.75, 3.05) is 18.8 Å². The molecule has 0 aliphatic carbocycles. The van der Waals surface area contributed by atoms with Gasteiger partial charge in [-0.3, -0.25) is 4.79 Å². The number of carbonyl (C=O) groups is 1. The van der Waals surface area contributed by atoms with E-state index in [9.17, 15) is 4.79 Å². The minimum Gasteiger partial charge on any atom is -0.340 e. The maximum Gasteiger partial charge on any atom is 0.232 e. The molecule has 0 spiro atoms. The molecule has 0 saturated carbocycles. The average molecular weight is 300 g/mol. The monoisotopic (exact) mass is 300 g/mol. The SMILES string of the molecule is NC1CCCN(C(=O)CSc2ccc3ccccc3c2)C1. The van der Waals surface area contributed by atoms with Gasteiger partial charge in [-0.1, -0.05) is 30.3 Å². The molecule has 3 nitrogen and oxygen atoms in total. The molecule has 1 atom stereocenters. The summed E-state index contributed by atoms with van der Waals surface area (Å²) in [4.78, 5) is 15.3. The summed E-state index contributed by atoms with van der Waals surface area (Å²) in [5.41, 5.74) is 5.93. The standard InChI is InChI=1S/C17H20N2OS/c18-15-6-3-9-19(11-15)17(20)12-21-16-8-7-13-4-1-2-5-14(13)10-16/h1-2,4-5,7-8,10,15H,3,6,9,11-12,18H2. The Bertz CT molecular complexity index is 643. The van der Waals surface area contributed by atoms with Gasteiger partial charge in [-0.05, 0) is 35.7 Å². The highest BCUT2D eigenvalue weighted by atomic mass is 32.2. The van der Waals surface area contributed by atoms with Gasteiger partial charge in [0, 0.05) is 24.0 Å². The molecular formula is C17H20N2OS. The lowest BCUT2D eigenvalue weighted by Crippen LogP contribution is -2.46. The summed E-state index contributed by atoms with van der Waals surface area (Å²) < 4.78 is 0. The first-order valence-electron chi connectivity index (χ1n) is 7.37. The van der Waals surface area contributed by atoms with Gasteiger partial charge in [-0.2, -0.15) is 0 Å². The Balaban J connectivity index is 1.61. The number of nitrogens with zero attached hydrogens (tertiary/aromatic N) is 1. The Morgan fingerprint density at radius 1 is 1.24 bits per heavy atom. The van der Waals surface area contributed by atoms with Crippen LogP contribution < -0.4 is 5.73 Å². The number of hydrogen-bond donors (Lipinski definition) is 1. The smallest absolute Gasteiger partial charge is 0.232 e. The molecule has 21 heavy (non-hydrogen) atoms. The van der Waals surface area contributed by atoms with E-state index < -0.39 is 0 Å². The van der Waals surface area contributed by atoms with Gasteiger partial charge in [0.25, 0.3) is 0 Å². The third kappa shape index (κ3) is 3.57. The molecule has 0 bridgehead atoms. The van der Waals surface area contributed by atoms with E-state index in [-0.39, 0.29) is 11.9 Å². The summed E-state index contributed by atoms with van der Waals surface area (Å²) in [5.74, 6) is 0.689. The number of rotatable bonds is 3. The summed E-state index contributed by atoms with van der Waals surface area (Å²) in [6, 6.07) is 14.8. The number of amides is 1. The topological polar surface area (TPSA) is 46.3 Å². The lowest BCUT2D eigenvalue weighted by molar-refractivity contribution is -0.129. The number of hydrogen-bond acceptors (Lipinski definition) is 3. The van der Waals surface area contributed by atoms with Crippen molar-refractivity contribution in [3.05, 3.63) is 42.5 Å². The molecular weight excluding hydrogens is 280 g/mol. The Kier molecular flexibility index (Phi) is 4.46. The molecule has 1 aliphatic heterocycles. The zero-order chi connectivity index (χ0) is 14.7. The van der Waals surface area contributed by atoms with Crippen LogP contribution in [0.25, 0.3) is 10.8 Å². The van der Waals surface area contributed by atoms with Crippen LogP contribution in [0.3, 0.4) is 0 Å². The first-order valence-corrected chi connectivity index (χ1v) is 8.36. The van der Waals surface area contributed by atoms with Crippen LogP contribution in [0, 0.1) is 0 Å². The van der Waals surface area contributed by atoms with Crippen LogP contribution in [0.1, 0.15) is 12.8 Å². The average Bonchev–Trinajstić information content (AvgIpc) is 2.52. The first-order chi connectivity index (χ1) is 10.2. The molecule has 1 unspecified atom stereocenters. The summed E-state index contributed by atoms with van der Waals surface area (Å²) in [6.07, 6.45) is 2.05. The van der Waals surface area contributed by atoms with Gasteiger partial charge in [-0.25, -0.2) is 0 Å². The number of thioether (sulfide) groups is 1. The van der Waals surface area contributed by atoms with Crippen molar-refractivity contribution in [2.24, 2.45) is 5.73 Å². The predicted molar refractivity (Wildman–Crippen MR) is 88.5 cm³/mol. The van der Waals surface area contributed by atoms with E-state index in [1.165, 1.54) is 10.8 Å². The van der Waals surface area contributed by atoms with Crippen molar-refractivity contribution in [2.45, 2.75) is 23.8 Å². The van der Waals surface area contributed by atoms with Crippen LogP contribution in [-0.2, 0) is 4.79 Å². The second kappa shape index (κ2) is 6.50. The second-order valence-corrected chi connectivity index (χ2v) is 6.59. The Labute approximate surface area is 129 Å². The highest BCUT2D eigenvalue weighted by molar-refractivity contribution is 8.00. The Morgan fingerprint density at radius 3 is 2.86 bits per heavy atom.